The Morgan fingerprint density at radius 1 is 1.32 bits per heavy atom. The van der Waals surface area contributed by atoms with Crippen LogP contribution in [-0.4, -0.2) is 30.1 Å². The van der Waals surface area contributed by atoms with Gasteiger partial charge in [-0.15, -0.1) is 11.3 Å². The molecule has 108 valence electrons. The van der Waals surface area contributed by atoms with E-state index in [1.165, 1.54) is 15.3 Å². The number of thiophene rings is 1. The van der Waals surface area contributed by atoms with Gasteiger partial charge >= 0.3 is 0 Å². The van der Waals surface area contributed by atoms with Crippen molar-refractivity contribution in [3.8, 4) is 0 Å². The van der Waals surface area contributed by atoms with Crippen LogP contribution in [0.1, 0.15) is 49.1 Å². The van der Waals surface area contributed by atoms with Gasteiger partial charge in [0.15, 0.2) is 0 Å². The molecule has 1 aliphatic heterocycles. The topological polar surface area (TPSA) is 15.3 Å². The van der Waals surface area contributed by atoms with Gasteiger partial charge < -0.3 is 5.32 Å². The standard InChI is InChI=1S/C16H28N2S/c1-10(2)16-8-17-11(3)9-18(16)13(5)15-7-12(4)19-14(15)6/h7,10-11,13,16-17H,8-9H2,1-6H3. The average molecular weight is 280 g/mol. The Labute approximate surface area is 122 Å². The zero-order valence-corrected chi connectivity index (χ0v) is 14.0. The Hall–Kier alpha value is -0.380. The third-order valence-corrected chi connectivity index (χ3v) is 5.36. The molecule has 0 aliphatic carbocycles. The number of rotatable bonds is 3. The first-order valence-electron chi connectivity index (χ1n) is 7.46. The Balaban J connectivity index is 2.23. The molecule has 1 N–H and O–H groups in total. The Morgan fingerprint density at radius 2 is 2.00 bits per heavy atom. The van der Waals surface area contributed by atoms with Gasteiger partial charge in [0.25, 0.3) is 0 Å². The fourth-order valence-corrected chi connectivity index (χ4v) is 4.28. The molecule has 2 heterocycles. The maximum atomic E-state index is 3.63. The van der Waals surface area contributed by atoms with Crippen LogP contribution >= 0.6 is 11.3 Å². The SMILES string of the molecule is Cc1cc(C(C)N2CC(C)NCC2C(C)C)c(C)s1. The molecule has 1 aromatic heterocycles. The number of hydrogen-bond acceptors (Lipinski definition) is 3. The fourth-order valence-electron chi connectivity index (χ4n) is 3.26. The second kappa shape index (κ2) is 5.94. The van der Waals surface area contributed by atoms with Crippen LogP contribution < -0.4 is 5.32 Å². The van der Waals surface area contributed by atoms with Gasteiger partial charge in [-0.2, -0.15) is 0 Å². The van der Waals surface area contributed by atoms with Crippen molar-refractivity contribution in [1.82, 2.24) is 10.2 Å². The highest BCUT2D eigenvalue weighted by molar-refractivity contribution is 7.12. The van der Waals surface area contributed by atoms with E-state index in [4.69, 9.17) is 0 Å². The molecule has 1 aliphatic rings. The predicted molar refractivity (Wildman–Crippen MR) is 85.0 cm³/mol. The molecule has 0 spiro atoms. The van der Waals surface area contributed by atoms with Crippen LogP contribution in [0.4, 0.5) is 0 Å². The van der Waals surface area contributed by atoms with Crippen molar-refractivity contribution in [2.45, 2.75) is 59.7 Å². The molecule has 3 atom stereocenters. The van der Waals surface area contributed by atoms with Gasteiger partial charge in [-0.1, -0.05) is 13.8 Å². The summed E-state index contributed by atoms with van der Waals surface area (Å²) in [6.07, 6.45) is 0. The van der Waals surface area contributed by atoms with Crippen molar-refractivity contribution in [3.05, 3.63) is 21.4 Å². The summed E-state index contributed by atoms with van der Waals surface area (Å²) < 4.78 is 0. The molecule has 2 rings (SSSR count). The summed E-state index contributed by atoms with van der Waals surface area (Å²) in [6.45, 7) is 16.1. The van der Waals surface area contributed by atoms with Gasteiger partial charge in [0.2, 0.25) is 0 Å². The first kappa shape index (κ1) is 15.0. The molecule has 0 radical (unpaired) electrons. The molecule has 1 fully saturated rings. The second-order valence-electron chi connectivity index (χ2n) is 6.36. The highest BCUT2D eigenvalue weighted by Crippen LogP contribution is 2.33. The zero-order valence-electron chi connectivity index (χ0n) is 13.2. The van der Waals surface area contributed by atoms with Gasteiger partial charge in [0, 0.05) is 41.0 Å². The van der Waals surface area contributed by atoms with E-state index >= 15 is 0 Å². The van der Waals surface area contributed by atoms with Gasteiger partial charge in [-0.3, -0.25) is 4.90 Å². The Morgan fingerprint density at radius 3 is 2.53 bits per heavy atom. The second-order valence-corrected chi connectivity index (χ2v) is 7.82. The summed E-state index contributed by atoms with van der Waals surface area (Å²) in [5.41, 5.74) is 1.53. The van der Waals surface area contributed by atoms with Crippen molar-refractivity contribution in [2.24, 2.45) is 5.92 Å². The third-order valence-electron chi connectivity index (χ3n) is 4.38. The van der Waals surface area contributed by atoms with Crippen molar-refractivity contribution in [1.29, 1.82) is 0 Å². The minimum atomic E-state index is 0.530. The smallest absolute Gasteiger partial charge is 0.0335 e. The maximum Gasteiger partial charge on any atom is 0.0335 e. The van der Waals surface area contributed by atoms with E-state index < -0.39 is 0 Å². The van der Waals surface area contributed by atoms with E-state index in [-0.39, 0.29) is 0 Å². The van der Waals surface area contributed by atoms with E-state index in [1.807, 2.05) is 11.3 Å². The Kier molecular flexibility index (Phi) is 4.70. The summed E-state index contributed by atoms with van der Waals surface area (Å²) in [5.74, 6) is 0.697. The lowest BCUT2D eigenvalue weighted by atomic mass is 9.95. The van der Waals surface area contributed by atoms with Crippen LogP contribution in [0, 0.1) is 19.8 Å². The van der Waals surface area contributed by atoms with E-state index in [9.17, 15) is 0 Å². The number of piperazine rings is 1. The molecular weight excluding hydrogens is 252 g/mol. The lowest BCUT2D eigenvalue weighted by Crippen LogP contribution is -2.57. The zero-order chi connectivity index (χ0) is 14.2. The lowest BCUT2D eigenvalue weighted by Gasteiger charge is -2.45. The molecule has 0 aromatic carbocycles. The minimum absolute atomic E-state index is 0.530. The highest BCUT2D eigenvalue weighted by atomic mass is 32.1. The first-order chi connectivity index (χ1) is 8.90. The summed E-state index contributed by atoms with van der Waals surface area (Å²) in [5, 5.41) is 3.63. The molecule has 1 aromatic rings. The van der Waals surface area contributed by atoms with Crippen LogP contribution in [0.2, 0.25) is 0 Å². The van der Waals surface area contributed by atoms with E-state index in [0.717, 1.165) is 13.1 Å². The quantitative estimate of drug-likeness (QED) is 0.907. The van der Waals surface area contributed by atoms with Crippen molar-refractivity contribution in [3.63, 3.8) is 0 Å². The number of aryl methyl sites for hydroxylation is 2. The van der Waals surface area contributed by atoms with Gasteiger partial charge in [-0.05, 0) is 45.2 Å². The molecule has 19 heavy (non-hydrogen) atoms. The van der Waals surface area contributed by atoms with Gasteiger partial charge in [-0.25, -0.2) is 0 Å². The molecule has 0 bridgehead atoms. The van der Waals surface area contributed by atoms with E-state index in [2.05, 4.69) is 57.8 Å². The van der Waals surface area contributed by atoms with Crippen LogP contribution in [0.3, 0.4) is 0 Å². The molecule has 0 amide bonds. The normalized spacial score (nSPS) is 26.9. The van der Waals surface area contributed by atoms with Crippen LogP contribution in [0.15, 0.2) is 6.07 Å². The summed E-state index contributed by atoms with van der Waals surface area (Å²) in [7, 11) is 0. The predicted octanol–water partition coefficient (Wildman–Crippen LogP) is 3.74. The maximum absolute atomic E-state index is 3.63. The van der Waals surface area contributed by atoms with Crippen LogP contribution in [0.5, 0.6) is 0 Å². The molecule has 3 unspecified atom stereocenters. The Bertz CT molecular complexity index is 424. The van der Waals surface area contributed by atoms with Crippen molar-refractivity contribution < 1.29 is 0 Å². The number of nitrogens with one attached hydrogen (secondary N) is 1. The summed E-state index contributed by atoms with van der Waals surface area (Å²) in [6, 6.07) is 4.15. The molecule has 3 heteroatoms. The summed E-state index contributed by atoms with van der Waals surface area (Å²) >= 11 is 1.93. The van der Waals surface area contributed by atoms with E-state index in [1.54, 1.807) is 0 Å². The van der Waals surface area contributed by atoms with Crippen molar-refractivity contribution in [2.75, 3.05) is 13.1 Å². The summed E-state index contributed by atoms with van der Waals surface area (Å²) in [4.78, 5) is 5.63. The monoisotopic (exact) mass is 280 g/mol. The van der Waals surface area contributed by atoms with Gasteiger partial charge in [0.1, 0.15) is 0 Å². The molecule has 0 saturated carbocycles. The number of nitrogens with zero attached hydrogens (tertiary/aromatic N) is 1. The van der Waals surface area contributed by atoms with Crippen LogP contribution in [0.25, 0.3) is 0 Å². The molecule has 2 nitrogen and oxygen atoms in total. The average Bonchev–Trinajstić information content (AvgIpc) is 2.67. The lowest BCUT2D eigenvalue weighted by molar-refractivity contribution is 0.0656. The van der Waals surface area contributed by atoms with Crippen molar-refractivity contribution >= 4 is 11.3 Å². The largest absolute Gasteiger partial charge is 0.311 e. The third kappa shape index (κ3) is 3.21. The number of hydrogen-bond donors (Lipinski definition) is 1. The van der Waals surface area contributed by atoms with E-state index in [0.29, 0.717) is 24.0 Å². The minimum Gasteiger partial charge on any atom is -0.311 e. The highest BCUT2D eigenvalue weighted by Gasteiger charge is 2.32. The van der Waals surface area contributed by atoms with Crippen LogP contribution in [-0.2, 0) is 0 Å². The van der Waals surface area contributed by atoms with Gasteiger partial charge in [0.05, 0.1) is 0 Å². The fraction of sp³-hybridized carbons (Fsp3) is 0.750. The first-order valence-corrected chi connectivity index (χ1v) is 8.27. The molecule has 1 saturated heterocycles. The molecular formula is C16H28N2S.